The molecule has 194 valence electrons. The van der Waals surface area contributed by atoms with Crippen molar-refractivity contribution in [3.8, 4) is 11.1 Å². The van der Waals surface area contributed by atoms with Crippen LogP contribution < -0.4 is 11.5 Å². The average molecular weight is 505 g/mol. The van der Waals surface area contributed by atoms with Gasteiger partial charge in [0.25, 0.3) is 0 Å². The number of rotatable bonds is 5. The Balaban J connectivity index is 2.07. The van der Waals surface area contributed by atoms with E-state index < -0.39 is 11.4 Å². The number of nitrogens with two attached hydrogens (primary N) is 2. The maximum atomic E-state index is 12.8. The fourth-order valence-corrected chi connectivity index (χ4v) is 6.34. The molecule has 4 aromatic rings. The van der Waals surface area contributed by atoms with Crippen LogP contribution in [0.1, 0.15) is 94.4 Å². The number of nitrogen functional groups attached to an aromatic ring is 2. The van der Waals surface area contributed by atoms with Crippen LogP contribution in [0.5, 0.6) is 0 Å². The number of aryl methyl sites for hydroxylation is 2. The minimum atomic E-state index is -0.938. The number of fused-ring (bicyclic) bond motifs is 3. The second-order valence-corrected chi connectivity index (χ2v) is 11.2. The Hall–Kier alpha value is -4.05. The lowest BCUT2D eigenvalue weighted by molar-refractivity contribution is 0.0695. The summed E-state index contributed by atoms with van der Waals surface area (Å²) < 4.78 is 0. The summed E-state index contributed by atoms with van der Waals surface area (Å²) in [6, 6.07) is 22.6. The molecular formula is C34H36N2O2. The number of carbonyl (C=O) groups is 1. The highest BCUT2D eigenvalue weighted by Crippen LogP contribution is 2.58. The van der Waals surface area contributed by atoms with E-state index in [1.165, 1.54) is 0 Å². The highest BCUT2D eigenvalue weighted by Gasteiger charge is 2.49. The monoisotopic (exact) mass is 504 g/mol. The van der Waals surface area contributed by atoms with Gasteiger partial charge in [-0.25, -0.2) is 4.79 Å². The van der Waals surface area contributed by atoms with E-state index in [9.17, 15) is 9.90 Å². The summed E-state index contributed by atoms with van der Waals surface area (Å²) in [5.74, 6) is -0.529. The molecule has 0 heterocycles. The number of aromatic carboxylic acids is 1. The molecule has 0 amide bonds. The topological polar surface area (TPSA) is 89.3 Å². The summed E-state index contributed by atoms with van der Waals surface area (Å²) in [6.45, 7) is 12.7. The largest absolute Gasteiger partial charge is 0.478 e. The Bertz CT molecular complexity index is 1530. The Labute approximate surface area is 225 Å². The number of benzene rings is 4. The van der Waals surface area contributed by atoms with Gasteiger partial charge in [0.15, 0.2) is 0 Å². The second-order valence-electron chi connectivity index (χ2n) is 11.2. The standard InChI is InChI=1S/C34H36N2O2/c1-18(2)27-16-22(14-20(5)31(27)35)34(23-15-21(6)32(36)28(17-23)19(3)4)29-13-8-7-10-24(29)25-11-9-12-26(30(25)34)33(37)38/h7-19H,35-36H2,1-6H3,(H,37,38). The zero-order valence-corrected chi connectivity index (χ0v) is 23.0. The van der Waals surface area contributed by atoms with Crippen LogP contribution in [0.25, 0.3) is 11.1 Å². The van der Waals surface area contributed by atoms with Gasteiger partial charge in [-0.2, -0.15) is 0 Å². The van der Waals surface area contributed by atoms with Gasteiger partial charge < -0.3 is 16.6 Å². The van der Waals surface area contributed by atoms with Gasteiger partial charge in [0.05, 0.1) is 11.0 Å². The molecule has 0 saturated heterocycles. The smallest absolute Gasteiger partial charge is 0.336 e. The van der Waals surface area contributed by atoms with E-state index >= 15 is 0 Å². The van der Waals surface area contributed by atoms with E-state index in [1.54, 1.807) is 6.07 Å². The number of hydrogen-bond acceptors (Lipinski definition) is 3. The van der Waals surface area contributed by atoms with Crippen LogP contribution in [0.3, 0.4) is 0 Å². The van der Waals surface area contributed by atoms with Crippen molar-refractivity contribution in [3.05, 3.63) is 117 Å². The summed E-state index contributed by atoms with van der Waals surface area (Å²) in [7, 11) is 0. The maximum absolute atomic E-state index is 12.8. The van der Waals surface area contributed by atoms with Gasteiger partial charge in [-0.05, 0) is 87.4 Å². The first-order chi connectivity index (χ1) is 18.0. The predicted molar refractivity (Wildman–Crippen MR) is 157 cm³/mol. The van der Waals surface area contributed by atoms with Crippen molar-refractivity contribution in [2.24, 2.45) is 0 Å². The summed E-state index contributed by atoms with van der Waals surface area (Å²) in [4.78, 5) is 12.8. The van der Waals surface area contributed by atoms with Crippen LogP contribution in [0.4, 0.5) is 11.4 Å². The van der Waals surface area contributed by atoms with Gasteiger partial charge in [-0.3, -0.25) is 0 Å². The van der Waals surface area contributed by atoms with Crippen LogP contribution in [-0.2, 0) is 5.41 Å². The molecule has 0 fully saturated rings. The van der Waals surface area contributed by atoms with E-state index in [1.807, 2.05) is 38.1 Å². The van der Waals surface area contributed by atoms with Gasteiger partial charge in [0.2, 0.25) is 0 Å². The molecule has 0 aliphatic heterocycles. The second kappa shape index (κ2) is 9.05. The lowest BCUT2D eigenvalue weighted by Gasteiger charge is -2.36. The van der Waals surface area contributed by atoms with Crippen molar-refractivity contribution >= 4 is 17.3 Å². The Morgan fingerprint density at radius 3 is 1.74 bits per heavy atom. The maximum Gasteiger partial charge on any atom is 0.336 e. The minimum absolute atomic E-state index is 0.205. The molecule has 0 unspecified atom stereocenters. The molecular weight excluding hydrogens is 468 g/mol. The van der Waals surface area contributed by atoms with Crippen LogP contribution in [0.2, 0.25) is 0 Å². The molecule has 4 heteroatoms. The number of hydrogen-bond donors (Lipinski definition) is 3. The molecule has 0 bridgehead atoms. The molecule has 0 atom stereocenters. The zero-order chi connectivity index (χ0) is 27.5. The van der Waals surface area contributed by atoms with Crippen LogP contribution in [0.15, 0.2) is 66.7 Å². The third-order valence-corrected chi connectivity index (χ3v) is 8.24. The number of carboxylic acid groups (broad SMARTS) is 1. The first kappa shape index (κ1) is 25.6. The fourth-order valence-electron chi connectivity index (χ4n) is 6.34. The quantitative estimate of drug-likeness (QED) is 0.213. The predicted octanol–water partition coefficient (Wildman–Crippen LogP) is 7.78. The molecule has 4 nitrogen and oxygen atoms in total. The molecule has 0 saturated carbocycles. The molecule has 5 N–H and O–H groups in total. The Morgan fingerprint density at radius 2 is 1.24 bits per heavy atom. The van der Waals surface area contributed by atoms with Crippen molar-refractivity contribution in [3.63, 3.8) is 0 Å². The van der Waals surface area contributed by atoms with E-state index in [0.717, 1.165) is 67.0 Å². The Kier molecular flexibility index (Phi) is 6.10. The normalized spacial score (nSPS) is 13.6. The summed E-state index contributed by atoms with van der Waals surface area (Å²) in [5, 5.41) is 10.5. The minimum Gasteiger partial charge on any atom is -0.478 e. The van der Waals surface area contributed by atoms with E-state index in [0.29, 0.717) is 5.56 Å². The Morgan fingerprint density at radius 1 is 0.737 bits per heavy atom. The van der Waals surface area contributed by atoms with Crippen LogP contribution in [0, 0.1) is 13.8 Å². The zero-order valence-electron chi connectivity index (χ0n) is 23.0. The summed E-state index contributed by atoms with van der Waals surface area (Å²) >= 11 is 0. The highest BCUT2D eigenvalue weighted by atomic mass is 16.4. The van der Waals surface area contributed by atoms with Gasteiger partial charge in [-0.15, -0.1) is 0 Å². The lowest BCUT2D eigenvalue weighted by Crippen LogP contribution is -2.31. The SMILES string of the molecule is Cc1cc(C2(c3cc(C)c(N)c(C(C)C)c3)c3ccccc3-c3cccc(C(=O)O)c32)cc(C(C)C)c1N. The van der Waals surface area contributed by atoms with Crippen LogP contribution in [-0.4, -0.2) is 11.1 Å². The molecule has 0 spiro atoms. The molecule has 0 radical (unpaired) electrons. The molecule has 5 rings (SSSR count). The fraction of sp³-hybridized carbons (Fsp3) is 0.265. The summed E-state index contributed by atoms with van der Waals surface area (Å²) in [6.07, 6.45) is 0. The molecule has 0 aromatic heterocycles. The van der Waals surface area contributed by atoms with E-state index in [-0.39, 0.29) is 11.8 Å². The first-order valence-corrected chi connectivity index (χ1v) is 13.3. The molecule has 38 heavy (non-hydrogen) atoms. The van der Waals surface area contributed by atoms with Crippen molar-refractivity contribution in [1.82, 2.24) is 0 Å². The van der Waals surface area contributed by atoms with Crippen LogP contribution >= 0.6 is 0 Å². The van der Waals surface area contributed by atoms with Crippen molar-refractivity contribution in [2.75, 3.05) is 11.5 Å². The first-order valence-electron chi connectivity index (χ1n) is 13.3. The van der Waals surface area contributed by atoms with Gasteiger partial charge in [-0.1, -0.05) is 88.4 Å². The van der Waals surface area contributed by atoms with Crippen molar-refractivity contribution in [1.29, 1.82) is 0 Å². The molecule has 1 aliphatic carbocycles. The third kappa shape index (κ3) is 3.54. The summed E-state index contributed by atoms with van der Waals surface area (Å²) in [5.41, 5.74) is 24.2. The molecule has 4 aromatic carbocycles. The number of anilines is 2. The third-order valence-electron chi connectivity index (χ3n) is 8.24. The van der Waals surface area contributed by atoms with Gasteiger partial charge in [0.1, 0.15) is 0 Å². The molecule has 1 aliphatic rings. The van der Waals surface area contributed by atoms with Gasteiger partial charge in [0, 0.05) is 11.4 Å². The lowest BCUT2D eigenvalue weighted by atomic mass is 9.65. The van der Waals surface area contributed by atoms with Crippen molar-refractivity contribution < 1.29 is 9.90 Å². The van der Waals surface area contributed by atoms with Gasteiger partial charge >= 0.3 is 5.97 Å². The van der Waals surface area contributed by atoms with E-state index in [4.69, 9.17) is 11.5 Å². The highest BCUT2D eigenvalue weighted by molar-refractivity contribution is 5.98. The van der Waals surface area contributed by atoms with Crippen molar-refractivity contribution in [2.45, 2.75) is 58.8 Å². The number of carboxylic acids is 1. The average Bonchev–Trinajstić information content (AvgIpc) is 3.18. The van der Waals surface area contributed by atoms with E-state index in [2.05, 4.69) is 64.1 Å².